The summed E-state index contributed by atoms with van der Waals surface area (Å²) in [6.45, 7) is 5.05. The number of aromatic hydroxyl groups is 1. The number of para-hydroxylation sites is 1. The number of rotatable bonds is 63. The van der Waals surface area contributed by atoms with E-state index in [0.717, 1.165) is 11.8 Å². The van der Waals surface area contributed by atoms with E-state index in [0.29, 0.717) is 46.9 Å². The smallest absolute Gasteiger partial charge is 0.326 e. The number of amides is 18. The van der Waals surface area contributed by atoms with E-state index in [-0.39, 0.29) is 145 Å². The summed E-state index contributed by atoms with van der Waals surface area (Å²) in [7, 11) is 0. The predicted octanol–water partition coefficient (Wildman–Crippen LogP) is -5.92. The first kappa shape index (κ1) is 118. The van der Waals surface area contributed by atoms with Gasteiger partial charge in [0.1, 0.15) is 102 Å². The fourth-order valence-electron chi connectivity index (χ4n) is 16.1. The molecule has 5 aromatic rings. The van der Waals surface area contributed by atoms with E-state index in [1.807, 2.05) is 0 Å². The lowest BCUT2D eigenvalue weighted by atomic mass is 9.99. The number of aliphatic carboxylic acids is 2. The van der Waals surface area contributed by atoms with Crippen molar-refractivity contribution in [2.24, 2.45) is 28.9 Å². The number of benzene rings is 3. The summed E-state index contributed by atoms with van der Waals surface area (Å²) in [5.41, 5.74) is 24.9. The molecular formula is C94H136N26O24S2. The number of aromatic nitrogens is 3. The van der Waals surface area contributed by atoms with Crippen LogP contribution in [0.25, 0.3) is 10.9 Å². The zero-order valence-corrected chi connectivity index (χ0v) is 83.3. The molecule has 2 aliphatic rings. The zero-order chi connectivity index (χ0) is 107. The number of guanidine groups is 1. The Kier molecular flexibility index (Phi) is 48.9. The van der Waals surface area contributed by atoms with Crippen molar-refractivity contribution in [3.63, 3.8) is 0 Å². The molecule has 2 saturated heterocycles. The average Bonchev–Trinajstić information content (AvgIpc) is 1.66. The van der Waals surface area contributed by atoms with Crippen LogP contribution in [0.3, 0.4) is 0 Å². The van der Waals surface area contributed by atoms with Gasteiger partial charge < -0.3 is 149 Å². The maximum absolute atomic E-state index is 15.3. The van der Waals surface area contributed by atoms with Gasteiger partial charge in [-0.25, -0.2) is 9.78 Å². The molecule has 0 bridgehead atoms. The van der Waals surface area contributed by atoms with Gasteiger partial charge in [-0.1, -0.05) is 80.9 Å². The van der Waals surface area contributed by atoms with Crippen molar-refractivity contribution in [3.8, 4) is 5.75 Å². The lowest BCUT2D eigenvalue weighted by molar-refractivity contribution is -0.144. The summed E-state index contributed by atoms with van der Waals surface area (Å²) < 4.78 is 0. The Morgan fingerprint density at radius 3 is 1.49 bits per heavy atom. The molecule has 146 heavy (non-hydrogen) atoms. The number of hydrogen-bond donors (Lipinski definition) is 30. The Labute approximate surface area is 852 Å². The number of fused-ring (bicyclic) bond motifs is 1. The van der Waals surface area contributed by atoms with Crippen molar-refractivity contribution in [2.75, 3.05) is 44.2 Å². The highest BCUT2D eigenvalue weighted by atomic mass is 32.1. The molecule has 4 heterocycles. The second-order valence-electron chi connectivity index (χ2n) is 35.7. The molecule has 3 aromatic carbocycles. The fraction of sp³-hybridized carbons (Fsp3) is 0.532. The maximum Gasteiger partial charge on any atom is 0.326 e. The standard InChI is InChI=1S/C94H136N26O24S2/c1-5-49(2)76(93(143)144)119-89(139)70(47-146)117-86(136)66(40-53-25-27-56(122)28-26-53)112-81(131)60(22-12-14-36-96)109-87(137)67(41-54-43-102-58-20-10-9-19-57(54)58)114-85(135)65(39-52-17-7-6-8-18-52)113-88(138)69(46-145)116-84(134)64(31-34-75(126)127)111-90(140)71-24-16-38-120(71)92(142)50(3)105-91(141)77(51(4)121)118-74(125)45-103-78(128)68(42-55-44-100-48-104-55)115-83(133)63(29-32-72(97)123)110-79(129)59(21-11-13-35-95)107-80(130)61(23-15-37-101-94(98)99)108-82(132)62-30-33-73(124)106-62/h6-10,17-20,25-28,43-44,48-51,59-71,76-77,102,121-122,145-146H,5,11-16,21-24,29-42,45-47,95-96H2,1-4H3,(H2,97,123)(H,100,104)(H,103,128)(H,105,141)(H,106,124)(H,107,130)(H,108,132)(H,109,137)(H,110,129)(H,111,140)(H,112,131)(H,113,138)(H,114,135)(H,115,133)(H,116,134)(H,117,136)(H,118,125)(H,119,139)(H,126,127)(H,143,144)(H4,98,99,101)/t49-,50-,51+,59-,60-,61-,62-,63-,64-,65-,66-,67-,68-,69-,70-,71-,76-,77-/m0/s1. The number of likely N-dealkylation sites (tertiary alicyclic amines) is 1. The van der Waals surface area contributed by atoms with Crippen LogP contribution in [-0.4, -0.2) is 312 Å². The van der Waals surface area contributed by atoms with Crippen molar-refractivity contribution >= 4 is 160 Å². The van der Waals surface area contributed by atoms with Gasteiger partial charge in [-0.15, -0.1) is 0 Å². The van der Waals surface area contributed by atoms with Gasteiger partial charge in [-0.2, -0.15) is 25.3 Å². The predicted molar refractivity (Wildman–Crippen MR) is 535 cm³/mol. The number of carbonyl (C=O) groups excluding carboxylic acids is 18. The number of primary amides is 1. The summed E-state index contributed by atoms with van der Waals surface area (Å²) in [6.07, 6.45) is 0.806. The number of phenols is 1. The number of aromatic amines is 2. The molecule has 2 fully saturated rings. The Hall–Kier alpha value is -14.5. The number of phenolic OH excluding ortho intramolecular Hbond substituents is 1. The number of hydrogen-bond acceptors (Lipinski definition) is 28. The molecule has 2 aliphatic heterocycles. The monoisotopic (exact) mass is 2080 g/mol. The molecule has 0 saturated carbocycles. The number of aliphatic hydroxyl groups is 1. The van der Waals surface area contributed by atoms with Crippen LogP contribution in [0.1, 0.15) is 159 Å². The quantitative estimate of drug-likeness (QED) is 0.00746. The highest BCUT2D eigenvalue weighted by Gasteiger charge is 2.43. The van der Waals surface area contributed by atoms with Crippen LogP contribution in [0.2, 0.25) is 0 Å². The molecule has 32 N–H and O–H groups in total. The first-order valence-electron chi connectivity index (χ1n) is 48.1. The molecule has 52 heteroatoms. The number of imidazole rings is 1. The van der Waals surface area contributed by atoms with E-state index < -0.39 is 259 Å². The van der Waals surface area contributed by atoms with Gasteiger partial charge in [-0.3, -0.25) is 96.5 Å². The minimum Gasteiger partial charge on any atom is -0.508 e. The average molecular weight is 2080 g/mol. The number of unbranched alkanes of at least 4 members (excludes halogenated alkanes) is 2. The number of carbonyl (C=O) groups is 20. The third-order valence-corrected chi connectivity index (χ3v) is 25.2. The summed E-state index contributed by atoms with van der Waals surface area (Å²) in [5.74, 6) is -21.5. The molecule has 0 radical (unpaired) electrons. The second kappa shape index (κ2) is 60.3. The number of aliphatic hydroxyl groups excluding tert-OH is 1. The Morgan fingerprint density at radius 1 is 0.507 bits per heavy atom. The Morgan fingerprint density at radius 2 is 0.986 bits per heavy atom. The maximum atomic E-state index is 15.3. The van der Waals surface area contributed by atoms with E-state index in [1.165, 1.54) is 43.7 Å². The largest absolute Gasteiger partial charge is 0.508 e. The van der Waals surface area contributed by atoms with Crippen LogP contribution < -0.4 is 113 Å². The van der Waals surface area contributed by atoms with Crippen molar-refractivity contribution < 1.29 is 116 Å². The minimum atomic E-state index is -1.86. The van der Waals surface area contributed by atoms with E-state index in [1.54, 1.807) is 74.6 Å². The van der Waals surface area contributed by atoms with E-state index >= 15 is 9.59 Å². The van der Waals surface area contributed by atoms with Crippen LogP contribution in [0.5, 0.6) is 5.75 Å². The molecule has 50 nitrogen and oxygen atoms in total. The fourth-order valence-corrected chi connectivity index (χ4v) is 16.6. The molecule has 7 rings (SSSR count). The van der Waals surface area contributed by atoms with Crippen LogP contribution in [0.4, 0.5) is 0 Å². The van der Waals surface area contributed by atoms with Crippen molar-refractivity contribution in [1.29, 1.82) is 5.41 Å². The molecule has 798 valence electrons. The lowest BCUT2D eigenvalue weighted by Gasteiger charge is -2.30. The van der Waals surface area contributed by atoms with Crippen LogP contribution in [0.15, 0.2) is 97.6 Å². The lowest BCUT2D eigenvalue weighted by Crippen LogP contribution is -2.61. The molecule has 0 unspecified atom stereocenters. The summed E-state index contributed by atoms with van der Waals surface area (Å²) in [6, 6.07) is -3.27. The number of nitrogens with two attached hydrogens (primary N) is 4. The number of nitrogens with zero attached hydrogens (tertiary/aromatic N) is 2. The minimum absolute atomic E-state index is 0.0485. The number of nitrogens with one attached hydrogen (secondary N) is 20. The Balaban J connectivity index is 1.03. The first-order chi connectivity index (χ1) is 69.5. The molecular weight excluding hydrogens is 1940 g/mol. The van der Waals surface area contributed by atoms with Gasteiger partial charge in [0.05, 0.1) is 19.0 Å². The molecule has 18 amide bonds. The van der Waals surface area contributed by atoms with Gasteiger partial charge >= 0.3 is 11.9 Å². The highest BCUT2D eigenvalue weighted by molar-refractivity contribution is 7.80. The normalized spacial score (nSPS) is 16.5. The second-order valence-corrected chi connectivity index (χ2v) is 36.5. The summed E-state index contributed by atoms with van der Waals surface area (Å²) in [5, 5.41) is 92.4. The number of carboxylic acids is 2. The molecule has 2 aromatic heterocycles. The van der Waals surface area contributed by atoms with E-state index in [9.17, 15) is 107 Å². The highest BCUT2D eigenvalue weighted by Crippen LogP contribution is 2.24. The molecule has 18 atom stereocenters. The van der Waals surface area contributed by atoms with Gasteiger partial charge in [0.25, 0.3) is 0 Å². The van der Waals surface area contributed by atoms with Crippen LogP contribution in [-0.2, 0) is 122 Å². The third kappa shape index (κ3) is 38.5. The van der Waals surface area contributed by atoms with Gasteiger partial charge in [0.2, 0.25) is 106 Å². The number of thiol groups is 2. The number of H-pyrrole nitrogens is 2. The molecule has 0 spiro atoms. The topological polar surface area (TPSA) is 802 Å². The summed E-state index contributed by atoms with van der Waals surface area (Å²) >= 11 is 8.65. The zero-order valence-electron chi connectivity index (χ0n) is 81.5. The van der Waals surface area contributed by atoms with E-state index in [2.05, 4.69) is 131 Å². The summed E-state index contributed by atoms with van der Waals surface area (Å²) in [4.78, 5) is 290. The van der Waals surface area contributed by atoms with Crippen LogP contribution in [0, 0.1) is 11.3 Å². The van der Waals surface area contributed by atoms with Crippen LogP contribution >= 0.6 is 25.3 Å². The van der Waals surface area contributed by atoms with Gasteiger partial charge in [-0.05, 0) is 151 Å². The van der Waals surface area contributed by atoms with Gasteiger partial charge in [0, 0.05) is 98.5 Å². The third-order valence-electron chi connectivity index (χ3n) is 24.4. The first-order valence-corrected chi connectivity index (χ1v) is 49.4. The van der Waals surface area contributed by atoms with Gasteiger partial charge in [0.15, 0.2) is 5.96 Å². The van der Waals surface area contributed by atoms with Crippen molar-refractivity contribution in [3.05, 3.63) is 120 Å². The number of carboxylic acid groups (broad SMARTS) is 2. The van der Waals surface area contributed by atoms with E-state index in [4.69, 9.17) is 28.3 Å². The molecule has 0 aliphatic carbocycles. The van der Waals surface area contributed by atoms with Crippen molar-refractivity contribution in [1.82, 2.24) is 110 Å². The SMILES string of the molecule is CC[C@H](C)[C@H](NC(=O)[C@H](CS)NC(=O)[C@H](Cc1ccc(O)cc1)NC(=O)[C@H](CCCCN)NC(=O)[C@H](Cc1c[nH]c2ccccc12)NC(=O)[C@H](Cc1ccccc1)NC(=O)[C@H](CS)NC(=O)[C@H](CCC(=O)O)NC(=O)[C@@H]1CCCN1C(=O)[C@H](C)NC(=O)[C@@H](NC(=O)CNC(=O)[C@H](Cc1cnc[nH]1)NC(=O)[C@H](CCC(N)=O)NC(=O)[C@H](CCCCN)NC(=O)[C@H](CCCNC(=N)N)NC(=O)[C@@H]1CCC(=O)N1)[C@@H](C)O)C(=O)O. The Bertz CT molecular complexity index is 5330. The van der Waals surface area contributed by atoms with Crippen molar-refractivity contribution in [2.45, 2.75) is 265 Å².